The van der Waals surface area contributed by atoms with Gasteiger partial charge in [-0.15, -0.1) is 11.3 Å². The number of likely N-dealkylation sites (tertiary alicyclic amines) is 1. The normalized spacial score (nSPS) is 22.1. The third kappa shape index (κ3) is 2.48. The number of carbonyl (C=O) groups excluding carboxylic acids is 2. The van der Waals surface area contributed by atoms with E-state index in [-0.39, 0.29) is 24.0 Å². The number of aromatic nitrogens is 2. The number of aryl methyl sites for hydroxylation is 1. The number of nitrogens with one attached hydrogen (secondary N) is 1. The van der Waals surface area contributed by atoms with E-state index in [0.29, 0.717) is 24.4 Å². The van der Waals surface area contributed by atoms with Crippen molar-refractivity contribution >= 4 is 28.2 Å². The third-order valence-electron chi connectivity index (χ3n) is 4.01. The highest BCUT2D eigenvalue weighted by Crippen LogP contribution is 2.20. The lowest BCUT2D eigenvalue weighted by molar-refractivity contribution is -0.145. The Kier molecular flexibility index (Phi) is 3.88. The predicted octanol–water partition coefficient (Wildman–Crippen LogP) is 0.680. The van der Waals surface area contributed by atoms with Gasteiger partial charge >= 0.3 is 5.97 Å². The lowest BCUT2D eigenvalue weighted by Crippen LogP contribution is -2.37. The number of carbonyl (C=O) groups is 2. The number of nitrogens with zero attached hydrogens (tertiary/aromatic N) is 3. The van der Waals surface area contributed by atoms with Crippen LogP contribution in [-0.4, -0.2) is 58.9 Å². The number of amides is 1. The molecule has 0 spiro atoms. The SMILES string of the molecule is COC(=O)[C@@H]1C[C@@H](NC(=O)c2c(C)nc3sccn23)CN1C. The maximum atomic E-state index is 12.5. The maximum absolute atomic E-state index is 12.5. The Labute approximate surface area is 131 Å². The first-order valence-corrected chi connectivity index (χ1v) is 7.90. The van der Waals surface area contributed by atoms with Crippen molar-refractivity contribution in [3.8, 4) is 0 Å². The zero-order valence-electron chi connectivity index (χ0n) is 12.7. The summed E-state index contributed by atoms with van der Waals surface area (Å²) in [7, 11) is 3.24. The monoisotopic (exact) mass is 322 g/mol. The summed E-state index contributed by atoms with van der Waals surface area (Å²) in [6.07, 6.45) is 2.40. The molecule has 0 radical (unpaired) electrons. The van der Waals surface area contributed by atoms with Crippen LogP contribution in [0.25, 0.3) is 4.96 Å². The van der Waals surface area contributed by atoms with Crippen LogP contribution in [0, 0.1) is 6.92 Å². The number of rotatable bonds is 3. The van der Waals surface area contributed by atoms with E-state index in [1.807, 2.05) is 30.4 Å². The van der Waals surface area contributed by atoms with Crippen LogP contribution in [0.4, 0.5) is 0 Å². The zero-order valence-corrected chi connectivity index (χ0v) is 13.5. The molecular formula is C14H18N4O3S. The second-order valence-electron chi connectivity index (χ2n) is 5.49. The van der Waals surface area contributed by atoms with E-state index >= 15 is 0 Å². The van der Waals surface area contributed by atoms with Gasteiger partial charge in [0.15, 0.2) is 4.96 Å². The number of likely N-dealkylation sites (N-methyl/N-ethyl adjacent to an activating group) is 1. The molecule has 2 atom stereocenters. The summed E-state index contributed by atoms with van der Waals surface area (Å²) in [5, 5.41) is 4.90. The average molecular weight is 322 g/mol. The van der Waals surface area contributed by atoms with Crippen LogP contribution in [-0.2, 0) is 9.53 Å². The van der Waals surface area contributed by atoms with Gasteiger partial charge in [-0.2, -0.15) is 0 Å². The number of hydrogen-bond acceptors (Lipinski definition) is 6. The van der Waals surface area contributed by atoms with Crippen LogP contribution in [0.3, 0.4) is 0 Å². The number of ether oxygens (including phenoxy) is 1. The van der Waals surface area contributed by atoms with E-state index in [1.54, 1.807) is 4.40 Å². The Balaban J connectivity index is 1.74. The third-order valence-corrected chi connectivity index (χ3v) is 4.76. The molecule has 22 heavy (non-hydrogen) atoms. The van der Waals surface area contributed by atoms with Gasteiger partial charge in [0.05, 0.1) is 12.8 Å². The molecule has 1 N–H and O–H groups in total. The van der Waals surface area contributed by atoms with Crippen molar-refractivity contribution < 1.29 is 14.3 Å². The molecule has 0 aliphatic carbocycles. The fourth-order valence-electron chi connectivity index (χ4n) is 2.94. The average Bonchev–Trinajstić information content (AvgIpc) is 3.12. The molecule has 2 aromatic heterocycles. The molecule has 1 fully saturated rings. The fraction of sp³-hybridized carbons (Fsp3) is 0.500. The quantitative estimate of drug-likeness (QED) is 0.841. The number of hydrogen-bond donors (Lipinski definition) is 1. The molecule has 118 valence electrons. The minimum absolute atomic E-state index is 0.0785. The predicted molar refractivity (Wildman–Crippen MR) is 82.1 cm³/mol. The molecule has 7 nitrogen and oxygen atoms in total. The van der Waals surface area contributed by atoms with Gasteiger partial charge in [-0.1, -0.05) is 0 Å². The first kappa shape index (κ1) is 15.0. The Morgan fingerprint density at radius 3 is 3.00 bits per heavy atom. The maximum Gasteiger partial charge on any atom is 0.323 e. The van der Waals surface area contributed by atoms with Crippen molar-refractivity contribution in [1.82, 2.24) is 19.6 Å². The minimum Gasteiger partial charge on any atom is -0.468 e. The van der Waals surface area contributed by atoms with Crippen molar-refractivity contribution in [3.63, 3.8) is 0 Å². The van der Waals surface area contributed by atoms with Crippen molar-refractivity contribution in [3.05, 3.63) is 23.0 Å². The van der Waals surface area contributed by atoms with Crippen LogP contribution >= 0.6 is 11.3 Å². The molecule has 1 amide bonds. The van der Waals surface area contributed by atoms with Crippen LogP contribution < -0.4 is 5.32 Å². The van der Waals surface area contributed by atoms with E-state index in [1.165, 1.54) is 18.4 Å². The van der Waals surface area contributed by atoms with Gasteiger partial charge in [-0.25, -0.2) is 4.98 Å². The summed E-state index contributed by atoms with van der Waals surface area (Å²) >= 11 is 1.49. The van der Waals surface area contributed by atoms with Gasteiger partial charge in [0, 0.05) is 24.2 Å². The highest BCUT2D eigenvalue weighted by molar-refractivity contribution is 7.15. The molecule has 1 saturated heterocycles. The summed E-state index contributed by atoms with van der Waals surface area (Å²) in [4.78, 5) is 31.3. The van der Waals surface area contributed by atoms with E-state index in [0.717, 1.165) is 4.96 Å². The van der Waals surface area contributed by atoms with Crippen LogP contribution in [0.2, 0.25) is 0 Å². The Morgan fingerprint density at radius 1 is 1.50 bits per heavy atom. The van der Waals surface area contributed by atoms with E-state index in [2.05, 4.69) is 10.3 Å². The second kappa shape index (κ2) is 5.69. The molecule has 3 heterocycles. The highest BCUT2D eigenvalue weighted by atomic mass is 32.1. The lowest BCUT2D eigenvalue weighted by Gasteiger charge is -2.15. The second-order valence-corrected chi connectivity index (χ2v) is 6.36. The molecule has 8 heteroatoms. The molecular weight excluding hydrogens is 304 g/mol. The summed E-state index contributed by atoms with van der Waals surface area (Å²) in [6.45, 7) is 2.45. The van der Waals surface area contributed by atoms with Gasteiger partial charge < -0.3 is 10.1 Å². The van der Waals surface area contributed by atoms with Crippen molar-refractivity contribution in [2.24, 2.45) is 0 Å². The number of methoxy groups -OCH3 is 1. The number of esters is 1. The van der Waals surface area contributed by atoms with Gasteiger partial charge in [-0.3, -0.25) is 18.9 Å². The lowest BCUT2D eigenvalue weighted by atomic mass is 10.1. The van der Waals surface area contributed by atoms with Gasteiger partial charge in [0.25, 0.3) is 5.91 Å². The number of thiazole rings is 1. The molecule has 1 aliphatic rings. The molecule has 3 rings (SSSR count). The summed E-state index contributed by atoms with van der Waals surface area (Å²) < 4.78 is 6.59. The van der Waals surface area contributed by atoms with Crippen LogP contribution in [0.5, 0.6) is 0 Å². The highest BCUT2D eigenvalue weighted by Gasteiger charge is 2.36. The largest absolute Gasteiger partial charge is 0.468 e. The van der Waals surface area contributed by atoms with Gasteiger partial charge in [0.2, 0.25) is 0 Å². The number of fused-ring (bicyclic) bond motifs is 1. The molecule has 0 unspecified atom stereocenters. The Morgan fingerprint density at radius 2 is 2.27 bits per heavy atom. The molecule has 1 aliphatic heterocycles. The molecule has 0 saturated carbocycles. The summed E-state index contributed by atoms with van der Waals surface area (Å²) in [5.41, 5.74) is 1.26. The Bertz CT molecular complexity index is 723. The Hall–Kier alpha value is -1.93. The van der Waals surface area contributed by atoms with Gasteiger partial charge in [0.1, 0.15) is 11.7 Å². The summed E-state index contributed by atoms with van der Waals surface area (Å²) in [6, 6.07) is -0.381. The van der Waals surface area contributed by atoms with Crippen molar-refractivity contribution in [1.29, 1.82) is 0 Å². The van der Waals surface area contributed by atoms with E-state index in [9.17, 15) is 9.59 Å². The van der Waals surface area contributed by atoms with E-state index in [4.69, 9.17) is 4.74 Å². The van der Waals surface area contributed by atoms with Gasteiger partial charge in [-0.05, 0) is 20.4 Å². The molecule has 0 aromatic carbocycles. The first-order valence-electron chi connectivity index (χ1n) is 7.02. The van der Waals surface area contributed by atoms with Crippen LogP contribution in [0.1, 0.15) is 22.6 Å². The number of imidazole rings is 1. The smallest absolute Gasteiger partial charge is 0.323 e. The zero-order chi connectivity index (χ0) is 15.9. The topological polar surface area (TPSA) is 75.9 Å². The first-order chi connectivity index (χ1) is 10.5. The van der Waals surface area contributed by atoms with Crippen molar-refractivity contribution in [2.45, 2.75) is 25.4 Å². The molecule has 2 aromatic rings. The van der Waals surface area contributed by atoms with Crippen molar-refractivity contribution in [2.75, 3.05) is 20.7 Å². The van der Waals surface area contributed by atoms with E-state index < -0.39 is 0 Å². The standard InChI is InChI=1S/C14H18N4O3S/c1-8-11(18-4-5-22-14(18)15-8)12(19)16-9-6-10(13(20)21-3)17(2)7-9/h4-5,9-10H,6-7H2,1-3H3,(H,16,19)/t9-,10+/m1/s1. The summed E-state index contributed by atoms with van der Waals surface area (Å²) in [5.74, 6) is -0.424. The molecule has 0 bridgehead atoms. The minimum atomic E-state index is -0.303. The van der Waals surface area contributed by atoms with Crippen LogP contribution in [0.15, 0.2) is 11.6 Å². The fourth-order valence-corrected chi connectivity index (χ4v) is 3.70.